The Balaban J connectivity index is 1.90. The van der Waals surface area contributed by atoms with Gasteiger partial charge in [-0.25, -0.2) is 13.5 Å². The summed E-state index contributed by atoms with van der Waals surface area (Å²) < 4.78 is 23.4. The molecule has 0 atom stereocenters. The monoisotopic (exact) mass is 403 g/mol. The zero-order valence-electron chi connectivity index (χ0n) is 14.1. The SMILES string of the molecule is CS(=O)(=O)c1ccc(Cl)c(C(=O)Nc2cccc(-c3ccc(=O)[nH]n3)c2)c1. The van der Waals surface area contributed by atoms with Crippen molar-refractivity contribution < 1.29 is 13.2 Å². The second-order valence-corrected chi connectivity index (χ2v) is 8.18. The molecular formula is C18H14ClN3O4S. The van der Waals surface area contributed by atoms with Gasteiger partial charge in [0, 0.05) is 23.6 Å². The van der Waals surface area contributed by atoms with E-state index in [-0.39, 0.29) is 21.0 Å². The minimum atomic E-state index is -3.47. The van der Waals surface area contributed by atoms with E-state index >= 15 is 0 Å². The van der Waals surface area contributed by atoms with Gasteiger partial charge in [-0.2, -0.15) is 5.10 Å². The zero-order chi connectivity index (χ0) is 19.6. The van der Waals surface area contributed by atoms with Gasteiger partial charge in [0.25, 0.3) is 11.5 Å². The highest BCUT2D eigenvalue weighted by Crippen LogP contribution is 2.24. The number of hydrogen-bond donors (Lipinski definition) is 2. The highest BCUT2D eigenvalue weighted by molar-refractivity contribution is 7.90. The molecule has 0 spiro atoms. The molecule has 2 N–H and O–H groups in total. The van der Waals surface area contributed by atoms with E-state index in [1.807, 2.05) is 0 Å². The number of benzene rings is 2. The molecule has 138 valence electrons. The van der Waals surface area contributed by atoms with Crippen LogP contribution >= 0.6 is 11.6 Å². The molecule has 9 heteroatoms. The van der Waals surface area contributed by atoms with Crippen molar-refractivity contribution in [2.24, 2.45) is 0 Å². The lowest BCUT2D eigenvalue weighted by molar-refractivity contribution is 0.102. The first-order chi connectivity index (χ1) is 12.7. The Hall–Kier alpha value is -2.97. The Morgan fingerprint density at radius 1 is 1.11 bits per heavy atom. The fourth-order valence-corrected chi connectivity index (χ4v) is 3.22. The maximum Gasteiger partial charge on any atom is 0.264 e. The molecule has 0 radical (unpaired) electrons. The molecule has 0 fully saturated rings. The minimum Gasteiger partial charge on any atom is -0.322 e. The van der Waals surface area contributed by atoms with E-state index in [1.165, 1.54) is 24.3 Å². The summed E-state index contributed by atoms with van der Waals surface area (Å²) in [6.45, 7) is 0. The fourth-order valence-electron chi connectivity index (χ4n) is 2.37. The number of carbonyl (C=O) groups is 1. The third-order valence-electron chi connectivity index (χ3n) is 3.71. The van der Waals surface area contributed by atoms with E-state index in [9.17, 15) is 18.0 Å². The number of nitrogens with zero attached hydrogens (tertiary/aromatic N) is 1. The van der Waals surface area contributed by atoms with Crippen molar-refractivity contribution in [1.29, 1.82) is 0 Å². The predicted molar refractivity (Wildman–Crippen MR) is 103 cm³/mol. The number of halogens is 1. The van der Waals surface area contributed by atoms with Crippen molar-refractivity contribution in [2.45, 2.75) is 4.90 Å². The van der Waals surface area contributed by atoms with Crippen LogP contribution < -0.4 is 10.9 Å². The van der Waals surface area contributed by atoms with Gasteiger partial charge in [-0.15, -0.1) is 0 Å². The summed E-state index contributed by atoms with van der Waals surface area (Å²) >= 11 is 6.05. The summed E-state index contributed by atoms with van der Waals surface area (Å²) in [6, 6.07) is 13.7. The molecule has 0 bridgehead atoms. The molecular weight excluding hydrogens is 390 g/mol. The number of H-pyrrole nitrogens is 1. The Bertz CT molecular complexity index is 1170. The molecule has 3 aromatic rings. The molecule has 1 heterocycles. The van der Waals surface area contributed by atoms with Crippen LogP contribution in [0.4, 0.5) is 5.69 Å². The molecule has 1 amide bonds. The van der Waals surface area contributed by atoms with Crippen LogP contribution in [0.3, 0.4) is 0 Å². The van der Waals surface area contributed by atoms with E-state index < -0.39 is 15.7 Å². The molecule has 27 heavy (non-hydrogen) atoms. The number of hydrogen-bond acceptors (Lipinski definition) is 5. The number of amides is 1. The lowest BCUT2D eigenvalue weighted by Crippen LogP contribution is -2.13. The van der Waals surface area contributed by atoms with E-state index in [4.69, 9.17) is 11.6 Å². The molecule has 0 unspecified atom stereocenters. The van der Waals surface area contributed by atoms with Gasteiger partial charge >= 0.3 is 0 Å². The highest BCUT2D eigenvalue weighted by atomic mass is 35.5. The van der Waals surface area contributed by atoms with Crippen LogP contribution in [0.5, 0.6) is 0 Å². The molecule has 1 aromatic heterocycles. The van der Waals surface area contributed by atoms with Gasteiger partial charge in [0.05, 0.1) is 21.2 Å². The normalized spacial score (nSPS) is 11.2. The Morgan fingerprint density at radius 2 is 1.89 bits per heavy atom. The Labute approximate surface area is 159 Å². The van der Waals surface area contributed by atoms with Crippen LogP contribution in [0.15, 0.2) is 64.3 Å². The molecule has 0 aliphatic heterocycles. The first-order valence-corrected chi connectivity index (χ1v) is 9.98. The number of nitrogens with one attached hydrogen (secondary N) is 2. The van der Waals surface area contributed by atoms with Gasteiger partial charge < -0.3 is 5.32 Å². The first-order valence-electron chi connectivity index (χ1n) is 7.71. The first kappa shape index (κ1) is 18.8. The van der Waals surface area contributed by atoms with Crippen molar-refractivity contribution in [2.75, 3.05) is 11.6 Å². The van der Waals surface area contributed by atoms with Crippen LogP contribution in [0.1, 0.15) is 10.4 Å². The van der Waals surface area contributed by atoms with Crippen LogP contribution in [0.25, 0.3) is 11.3 Å². The minimum absolute atomic E-state index is 0.00300. The number of carbonyl (C=O) groups excluding carboxylic acids is 1. The molecule has 0 saturated carbocycles. The molecule has 0 saturated heterocycles. The summed E-state index contributed by atoms with van der Waals surface area (Å²) in [7, 11) is -3.47. The van der Waals surface area contributed by atoms with E-state index in [1.54, 1.807) is 30.3 Å². The van der Waals surface area contributed by atoms with Crippen molar-refractivity contribution >= 4 is 33.0 Å². The van der Waals surface area contributed by atoms with Crippen molar-refractivity contribution in [3.63, 3.8) is 0 Å². The largest absolute Gasteiger partial charge is 0.322 e. The maximum absolute atomic E-state index is 12.6. The second-order valence-electron chi connectivity index (χ2n) is 5.76. The summed E-state index contributed by atoms with van der Waals surface area (Å²) in [5, 5.41) is 9.11. The van der Waals surface area contributed by atoms with Crippen LogP contribution in [-0.4, -0.2) is 30.8 Å². The van der Waals surface area contributed by atoms with Gasteiger partial charge in [0.1, 0.15) is 0 Å². The van der Waals surface area contributed by atoms with E-state index in [0.29, 0.717) is 16.9 Å². The molecule has 0 aliphatic carbocycles. The van der Waals surface area contributed by atoms with Gasteiger partial charge in [0.15, 0.2) is 9.84 Å². The summed E-state index contributed by atoms with van der Waals surface area (Å²) in [5.41, 5.74) is 1.41. The third kappa shape index (κ3) is 4.42. The lowest BCUT2D eigenvalue weighted by atomic mass is 10.1. The van der Waals surface area contributed by atoms with Gasteiger partial charge in [-0.1, -0.05) is 23.7 Å². The zero-order valence-corrected chi connectivity index (χ0v) is 15.6. The Morgan fingerprint density at radius 3 is 2.56 bits per heavy atom. The van der Waals surface area contributed by atoms with Crippen molar-refractivity contribution in [3.8, 4) is 11.3 Å². The molecule has 3 rings (SSSR count). The standard InChI is InChI=1S/C18H14ClN3O4S/c1-27(25,26)13-5-6-15(19)14(10-13)18(24)20-12-4-2-3-11(9-12)16-7-8-17(23)22-21-16/h2-10H,1H3,(H,20,24)(H,22,23). The van der Waals surface area contributed by atoms with Gasteiger partial charge in [-0.3, -0.25) is 9.59 Å². The number of aromatic nitrogens is 2. The summed E-state index contributed by atoms with van der Waals surface area (Å²) in [6.07, 6.45) is 1.05. The van der Waals surface area contributed by atoms with E-state index in [0.717, 1.165) is 6.26 Å². The summed E-state index contributed by atoms with van der Waals surface area (Å²) in [4.78, 5) is 23.7. The number of rotatable bonds is 4. The number of aromatic amines is 1. The average molecular weight is 404 g/mol. The van der Waals surface area contributed by atoms with Gasteiger partial charge in [-0.05, 0) is 36.4 Å². The number of sulfone groups is 1. The van der Waals surface area contributed by atoms with Gasteiger partial charge in [0.2, 0.25) is 0 Å². The topological polar surface area (TPSA) is 109 Å². The average Bonchev–Trinajstić information content (AvgIpc) is 2.62. The fraction of sp³-hybridized carbons (Fsp3) is 0.0556. The quantitative estimate of drug-likeness (QED) is 0.696. The third-order valence-corrected chi connectivity index (χ3v) is 5.15. The maximum atomic E-state index is 12.6. The van der Waals surface area contributed by atoms with Crippen molar-refractivity contribution in [1.82, 2.24) is 10.2 Å². The molecule has 2 aromatic carbocycles. The van der Waals surface area contributed by atoms with E-state index in [2.05, 4.69) is 15.5 Å². The molecule has 0 aliphatic rings. The van der Waals surface area contributed by atoms with Crippen molar-refractivity contribution in [3.05, 3.63) is 75.5 Å². The smallest absolute Gasteiger partial charge is 0.264 e. The number of anilines is 1. The second kappa shape index (κ2) is 7.34. The lowest BCUT2D eigenvalue weighted by Gasteiger charge is -2.09. The highest BCUT2D eigenvalue weighted by Gasteiger charge is 2.16. The van der Waals surface area contributed by atoms with Crippen LogP contribution in [0.2, 0.25) is 5.02 Å². The Kier molecular flexibility index (Phi) is 5.11. The molecule has 7 nitrogen and oxygen atoms in total. The van der Waals surface area contributed by atoms with Crippen LogP contribution in [-0.2, 0) is 9.84 Å². The predicted octanol–water partition coefficient (Wildman–Crippen LogP) is 2.75. The summed E-state index contributed by atoms with van der Waals surface area (Å²) in [5.74, 6) is -0.544. The van der Waals surface area contributed by atoms with Crippen LogP contribution in [0, 0.1) is 0 Å².